The van der Waals surface area contributed by atoms with Crippen LogP contribution in [0.3, 0.4) is 0 Å². The Morgan fingerprint density at radius 2 is 1.41 bits per heavy atom. The number of methoxy groups -OCH3 is 2. The highest BCUT2D eigenvalue weighted by Gasteiger charge is 2.23. The predicted molar refractivity (Wildman–Crippen MR) is 118 cm³/mol. The topological polar surface area (TPSA) is 44.8 Å². The molecule has 0 fully saturated rings. The highest BCUT2D eigenvalue weighted by Crippen LogP contribution is 2.35. The van der Waals surface area contributed by atoms with Crippen LogP contribution in [0.4, 0.5) is 0 Å². The van der Waals surface area contributed by atoms with Gasteiger partial charge in [-0.1, -0.05) is 59.7 Å². The zero-order valence-electron chi connectivity index (χ0n) is 18.8. The Kier molecular flexibility index (Phi) is 6.78. The Labute approximate surface area is 174 Å². The molecule has 0 aliphatic heterocycles. The minimum Gasteiger partial charge on any atom is -0.493 e. The second-order valence-corrected chi connectivity index (χ2v) is 9.08. The molecule has 29 heavy (non-hydrogen) atoms. The third-order valence-corrected chi connectivity index (χ3v) is 4.68. The summed E-state index contributed by atoms with van der Waals surface area (Å²) in [5, 5.41) is 0. The van der Waals surface area contributed by atoms with Gasteiger partial charge in [0.1, 0.15) is 5.75 Å². The van der Waals surface area contributed by atoms with Crippen LogP contribution in [0, 0.1) is 0 Å². The molecule has 2 aromatic rings. The number of hydrogen-bond acceptors (Lipinski definition) is 4. The molecule has 0 spiro atoms. The van der Waals surface area contributed by atoms with E-state index in [0.29, 0.717) is 17.2 Å². The van der Waals surface area contributed by atoms with Crippen LogP contribution < -0.4 is 14.2 Å². The molecule has 2 rings (SSSR count). The van der Waals surface area contributed by atoms with Crippen LogP contribution in [0.15, 0.2) is 42.5 Å². The molecule has 2 aromatic carbocycles. The van der Waals surface area contributed by atoms with Gasteiger partial charge in [-0.2, -0.15) is 0 Å². The largest absolute Gasteiger partial charge is 0.493 e. The van der Waals surface area contributed by atoms with Crippen molar-refractivity contribution >= 4 is 12.0 Å². The van der Waals surface area contributed by atoms with Crippen LogP contribution in [-0.2, 0) is 15.6 Å². The van der Waals surface area contributed by atoms with Crippen LogP contribution >= 0.6 is 0 Å². The molecule has 0 N–H and O–H groups in total. The Balaban J connectivity index is 2.25. The molecule has 4 heteroatoms. The van der Waals surface area contributed by atoms with E-state index in [-0.39, 0.29) is 10.8 Å². The van der Waals surface area contributed by atoms with Crippen LogP contribution in [0.2, 0.25) is 0 Å². The quantitative estimate of drug-likeness (QED) is 0.358. The summed E-state index contributed by atoms with van der Waals surface area (Å²) in [6, 6.07) is 11.5. The van der Waals surface area contributed by atoms with Crippen LogP contribution in [0.25, 0.3) is 6.08 Å². The first-order valence-corrected chi connectivity index (χ1v) is 9.72. The molecule has 0 aliphatic carbocycles. The number of ether oxygens (including phenoxy) is 3. The average molecular weight is 397 g/mol. The van der Waals surface area contributed by atoms with Crippen molar-refractivity contribution in [3.8, 4) is 17.2 Å². The van der Waals surface area contributed by atoms with Crippen molar-refractivity contribution in [2.75, 3.05) is 14.2 Å². The van der Waals surface area contributed by atoms with Gasteiger partial charge in [-0.3, -0.25) is 0 Å². The van der Waals surface area contributed by atoms with Gasteiger partial charge in [-0.05, 0) is 46.2 Å². The van der Waals surface area contributed by atoms with Gasteiger partial charge in [0, 0.05) is 11.6 Å². The first-order chi connectivity index (χ1) is 13.5. The molecule has 0 aromatic heterocycles. The second kappa shape index (κ2) is 8.73. The van der Waals surface area contributed by atoms with Crippen LogP contribution in [0.1, 0.15) is 58.2 Å². The van der Waals surface area contributed by atoms with Crippen molar-refractivity contribution in [2.24, 2.45) is 0 Å². The summed E-state index contributed by atoms with van der Waals surface area (Å²) < 4.78 is 16.2. The zero-order chi connectivity index (χ0) is 21.8. The summed E-state index contributed by atoms with van der Waals surface area (Å²) in [7, 11) is 3.16. The van der Waals surface area contributed by atoms with Gasteiger partial charge in [0.05, 0.1) is 14.2 Å². The van der Waals surface area contributed by atoms with Crippen molar-refractivity contribution in [1.82, 2.24) is 0 Å². The summed E-state index contributed by atoms with van der Waals surface area (Å²) in [5.41, 5.74) is 2.92. The minimum absolute atomic E-state index is 0.0237. The molecule has 0 aliphatic rings. The number of benzene rings is 2. The lowest BCUT2D eigenvalue weighted by Crippen LogP contribution is -2.18. The number of carbonyl (C=O) groups is 1. The van der Waals surface area contributed by atoms with E-state index in [1.165, 1.54) is 11.6 Å². The van der Waals surface area contributed by atoms with E-state index >= 15 is 0 Å². The molecule has 0 radical (unpaired) electrons. The summed E-state index contributed by atoms with van der Waals surface area (Å²) in [6.07, 6.45) is 3.12. The Morgan fingerprint density at radius 3 is 1.97 bits per heavy atom. The van der Waals surface area contributed by atoms with Crippen molar-refractivity contribution in [3.05, 3.63) is 59.2 Å². The molecule has 4 nitrogen and oxygen atoms in total. The Morgan fingerprint density at radius 1 is 0.793 bits per heavy atom. The van der Waals surface area contributed by atoms with E-state index in [2.05, 4.69) is 47.6 Å². The lowest BCUT2D eigenvalue weighted by atomic mass is 9.80. The molecule has 0 saturated carbocycles. The molecule has 0 bridgehead atoms. The third kappa shape index (κ3) is 5.86. The van der Waals surface area contributed by atoms with Crippen molar-refractivity contribution < 1.29 is 19.0 Å². The maximum Gasteiger partial charge on any atom is 0.336 e. The fourth-order valence-corrected chi connectivity index (χ4v) is 2.93. The van der Waals surface area contributed by atoms with E-state index in [9.17, 15) is 4.79 Å². The number of rotatable bonds is 5. The van der Waals surface area contributed by atoms with Gasteiger partial charge >= 0.3 is 5.97 Å². The molecule has 0 unspecified atom stereocenters. The molecular formula is C25H32O4. The lowest BCUT2D eigenvalue weighted by Gasteiger charge is -2.26. The van der Waals surface area contributed by atoms with E-state index in [0.717, 1.165) is 11.1 Å². The lowest BCUT2D eigenvalue weighted by molar-refractivity contribution is -0.128. The average Bonchev–Trinajstić information content (AvgIpc) is 2.64. The first kappa shape index (κ1) is 22.5. The van der Waals surface area contributed by atoms with E-state index in [1.807, 2.05) is 18.2 Å². The smallest absolute Gasteiger partial charge is 0.336 e. The van der Waals surface area contributed by atoms with E-state index < -0.39 is 5.97 Å². The highest BCUT2D eigenvalue weighted by atomic mass is 16.5. The van der Waals surface area contributed by atoms with Gasteiger partial charge in [0.15, 0.2) is 11.5 Å². The normalized spacial score (nSPS) is 12.1. The van der Waals surface area contributed by atoms with Crippen molar-refractivity contribution in [3.63, 3.8) is 0 Å². The van der Waals surface area contributed by atoms with Gasteiger partial charge in [0.25, 0.3) is 0 Å². The molecule has 0 atom stereocenters. The van der Waals surface area contributed by atoms with Crippen molar-refractivity contribution in [2.45, 2.75) is 52.4 Å². The standard InChI is InChI=1S/C25H32O4/c1-24(2,3)18-11-13-20(19(16-18)25(4,5)6)29-23(26)14-10-17-9-12-21(27-7)22(15-17)28-8/h9-16H,1-8H3. The monoisotopic (exact) mass is 396 g/mol. The van der Waals surface area contributed by atoms with E-state index in [4.69, 9.17) is 14.2 Å². The maximum atomic E-state index is 12.5. The van der Waals surface area contributed by atoms with Gasteiger partial charge in [-0.15, -0.1) is 0 Å². The zero-order valence-corrected chi connectivity index (χ0v) is 18.8. The summed E-state index contributed by atoms with van der Waals surface area (Å²) in [5.74, 6) is 1.41. The Bertz CT molecular complexity index is 896. The summed E-state index contributed by atoms with van der Waals surface area (Å²) in [6.45, 7) is 12.9. The Hall–Kier alpha value is -2.75. The van der Waals surface area contributed by atoms with Gasteiger partial charge in [0.2, 0.25) is 0 Å². The molecule has 0 saturated heterocycles. The first-order valence-electron chi connectivity index (χ1n) is 9.72. The van der Waals surface area contributed by atoms with E-state index in [1.54, 1.807) is 32.4 Å². The third-order valence-electron chi connectivity index (χ3n) is 4.68. The number of carbonyl (C=O) groups excluding carboxylic acids is 1. The van der Waals surface area contributed by atoms with Gasteiger partial charge in [-0.25, -0.2) is 4.79 Å². The molecule has 156 valence electrons. The summed E-state index contributed by atoms with van der Waals surface area (Å²) >= 11 is 0. The summed E-state index contributed by atoms with van der Waals surface area (Å²) in [4.78, 5) is 12.5. The van der Waals surface area contributed by atoms with Crippen LogP contribution in [-0.4, -0.2) is 20.2 Å². The number of hydrogen-bond donors (Lipinski definition) is 0. The van der Waals surface area contributed by atoms with Crippen LogP contribution in [0.5, 0.6) is 17.2 Å². The fourth-order valence-electron chi connectivity index (χ4n) is 2.93. The molecule has 0 amide bonds. The molecule has 0 heterocycles. The van der Waals surface area contributed by atoms with Gasteiger partial charge < -0.3 is 14.2 Å². The fraction of sp³-hybridized carbons (Fsp3) is 0.400. The maximum absolute atomic E-state index is 12.5. The van der Waals surface area contributed by atoms with Crippen molar-refractivity contribution in [1.29, 1.82) is 0 Å². The highest BCUT2D eigenvalue weighted by molar-refractivity contribution is 5.89. The SMILES string of the molecule is COc1ccc(C=CC(=O)Oc2ccc(C(C)(C)C)cc2C(C)(C)C)cc1OC. The second-order valence-electron chi connectivity index (χ2n) is 9.08. The number of esters is 1. The predicted octanol–water partition coefficient (Wildman–Crippen LogP) is 5.92. The molecular weight excluding hydrogens is 364 g/mol. The minimum atomic E-state index is -0.422.